The van der Waals surface area contributed by atoms with E-state index in [2.05, 4.69) is 109 Å². The number of benzene rings is 4. The fourth-order valence-electron chi connectivity index (χ4n) is 8.33. The number of rotatable bonds is 5. The van der Waals surface area contributed by atoms with Gasteiger partial charge in [-0.3, -0.25) is 4.79 Å². The van der Waals surface area contributed by atoms with Gasteiger partial charge in [0.15, 0.2) is 5.78 Å². The summed E-state index contributed by atoms with van der Waals surface area (Å²) in [5.41, 5.74) is 7.45. The number of Topliss-reactive ketones (excluding diaryl/α,β-unsaturated/α-hetero) is 1. The lowest BCUT2D eigenvalue weighted by atomic mass is 9.51. The zero-order valence-corrected chi connectivity index (χ0v) is 23.8. The highest BCUT2D eigenvalue weighted by atomic mass is 16.1. The third kappa shape index (κ3) is 3.88. The molecule has 1 heterocycles. The van der Waals surface area contributed by atoms with E-state index in [-0.39, 0.29) is 17.1 Å². The quantitative estimate of drug-likeness (QED) is 0.238. The minimum Gasteiger partial charge on any atom is -0.360 e. The van der Waals surface area contributed by atoms with Crippen LogP contribution in [0.4, 0.5) is 5.69 Å². The first-order chi connectivity index (χ1) is 20.2. The van der Waals surface area contributed by atoms with Crippen LogP contribution in [-0.2, 0) is 5.41 Å². The topological polar surface area (TPSA) is 20.3 Å². The summed E-state index contributed by atoms with van der Waals surface area (Å²) in [5.74, 6) is -0.148. The number of nitrogens with zero attached hydrogens (tertiary/aromatic N) is 1. The van der Waals surface area contributed by atoms with Gasteiger partial charge in [-0.1, -0.05) is 128 Å². The van der Waals surface area contributed by atoms with Gasteiger partial charge in [0.1, 0.15) is 0 Å². The summed E-state index contributed by atoms with van der Waals surface area (Å²) < 4.78 is 0. The van der Waals surface area contributed by atoms with Gasteiger partial charge < -0.3 is 4.90 Å². The molecule has 3 aliphatic rings. The van der Waals surface area contributed by atoms with Gasteiger partial charge in [-0.05, 0) is 65.8 Å². The summed E-state index contributed by atoms with van der Waals surface area (Å²) in [6.45, 7) is 3.10. The molecule has 0 N–H and O–H groups in total. The zero-order chi connectivity index (χ0) is 27.9. The number of hydrogen-bond acceptors (Lipinski definition) is 2. The molecule has 204 valence electrons. The Bertz CT molecular complexity index is 1610. The van der Waals surface area contributed by atoms with Gasteiger partial charge in [0.2, 0.25) is 0 Å². The number of carbonyl (C=O) groups excluding carboxylic acids is 1. The molecule has 1 fully saturated rings. The van der Waals surface area contributed by atoms with Crippen LogP contribution < -0.4 is 4.90 Å². The van der Waals surface area contributed by atoms with Crippen molar-refractivity contribution in [2.45, 2.75) is 50.0 Å². The number of likely N-dealkylation sites (N-methyl/N-ethyl adjacent to an activating group) is 1. The Balaban J connectivity index is 1.59. The molecule has 2 nitrogen and oxygen atoms in total. The Hall–Kier alpha value is -4.17. The van der Waals surface area contributed by atoms with Crippen LogP contribution in [0, 0.1) is 5.92 Å². The summed E-state index contributed by atoms with van der Waals surface area (Å²) in [6.07, 6.45) is 10.6. The Morgan fingerprint density at radius 3 is 1.98 bits per heavy atom. The first-order valence-electron chi connectivity index (χ1n) is 15.2. The van der Waals surface area contributed by atoms with E-state index in [0.29, 0.717) is 0 Å². The van der Waals surface area contributed by atoms with Crippen LogP contribution in [0.5, 0.6) is 0 Å². The fraction of sp³-hybridized carbons (Fsp3) is 0.256. The lowest BCUT2D eigenvalue weighted by Gasteiger charge is -2.56. The fourth-order valence-corrected chi connectivity index (χ4v) is 8.33. The maximum atomic E-state index is 15.1. The van der Waals surface area contributed by atoms with Crippen molar-refractivity contribution in [2.75, 3.05) is 11.4 Å². The normalized spacial score (nSPS) is 22.8. The second-order valence-electron chi connectivity index (χ2n) is 11.8. The van der Waals surface area contributed by atoms with Crippen molar-refractivity contribution in [3.8, 4) is 0 Å². The molecule has 7 rings (SSSR count). The van der Waals surface area contributed by atoms with Crippen LogP contribution in [0.15, 0.2) is 127 Å². The van der Waals surface area contributed by atoms with E-state index in [1.54, 1.807) is 0 Å². The third-order valence-electron chi connectivity index (χ3n) is 9.92. The largest absolute Gasteiger partial charge is 0.360 e. The molecule has 0 radical (unpaired) electrons. The van der Waals surface area contributed by atoms with Crippen LogP contribution in [0.2, 0.25) is 0 Å². The average Bonchev–Trinajstić information content (AvgIpc) is 3.26. The van der Waals surface area contributed by atoms with Crippen molar-refractivity contribution < 1.29 is 4.79 Å². The minimum absolute atomic E-state index is 0.165. The third-order valence-corrected chi connectivity index (χ3v) is 9.92. The van der Waals surface area contributed by atoms with E-state index >= 15 is 4.79 Å². The summed E-state index contributed by atoms with van der Waals surface area (Å²) in [6, 6.07) is 40.4. The number of hydrogen-bond donors (Lipinski definition) is 0. The van der Waals surface area contributed by atoms with Crippen molar-refractivity contribution in [2.24, 2.45) is 5.92 Å². The van der Waals surface area contributed by atoms with Gasteiger partial charge in [0.05, 0.1) is 11.5 Å². The van der Waals surface area contributed by atoms with Crippen LogP contribution in [0.1, 0.15) is 66.1 Å². The SMILES string of the molecule is CCN1c2ccccc2C2(CCCCC2)[C@@]12C=C(c1ccccc1)C=C(c1ccccc1)[C@H]2C(=O)c1ccccc1. The number of fused-ring (bicyclic) bond motifs is 3. The molecular weight excluding hydrogens is 498 g/mol. The molecular formula is C39H37NO. The molecule has 41 heavy (non-hydrogen) atoms. The standard InChI is InChI=1S/C39H37NO/c1-2-40-35-24-14-13-23-34(35)38(25-15-6-16-26-38)39(40)28-32(29-17-7-3-8-18-29)27-33(30-19-9-4-10-20-30)36(39)37(41)31-21-11-5-12-22-31/h3-5,7-14,17-24,27-28,36H,2,6,15-16,25-26H2,1H3/t36-,39-/m0/s1. The average molecular weight is 536 g/mol. The van der Waals surface area contributed by atoms with Crippen molar-refractivity contribution in [3.05, 3.63) is 150 Å². The second-order valence-corrected chi connectivity index (χ2v) is 11.8. The predicted molar refractivity (Wildman–Crippen MR) is 170 cm³/mol. The number of carbonyl (C=O) groups is 1. The second kappa shape index (κ2) is 10.3. The molecule has 2 atom stereocenters. The van der Waals surface area contributed by atoms with Gasteiger partial charge in [-0.25, -0.2) is 0 Å². The van der Waals surface area contributed by atoms with Crippen LogP contribution in [0.25, 0.3) is 11.1 Å². The molecule has 1 saturated carbocycles. The minimum atomic E-state index is -0.538. The van der Waals surface area contributed by atoms with E-state index in [0.717, 1.165) is 36.1 Å². The van der Waals surface area contributed by atoms with Crippen molar-refractivity contribution in [3.63, 3.8) is 0 Å². The van der Waals surface area contributed by atoms with Gasteiger partial charge in [-0.2, -0.15) is 0 Å². The highest BCUT2D eigenvalue weighted by Crippen LogP contribution is 2.65. The first-order valence-corrected chi connectivity index (χ1v) is 15.2. The van der Waals surface area contributed by atoms with Crippen LogP contribution in [0.3, 0.4) is 0 Å². The molecule has 0 bridgehead atoms. The van der Waals surface area contributed by atoms with Crippen LogP contribution >= 0.6 is 0 Å². The Morgan fingerprint density at radius 1 is 0.732 bits per heavy atom. The van der Waals surface area contributed by atoms with Gasteiger partial charge >= 0.3 is 0 Å². The number of ketones is 1. The molecule has 1 aliphatic heterocycles. The smallest absolute Gasteiger partial charge is 0.173 e. The Kier molecular flexibility index (Phi) is 6.50. The number of anilines is 1. The number of para-hydroxylation sites is 1. The monoisotopic (exact) mass is 535 g/mol. The van der Waals surface area contributed by atoms with Gasteiger partial charge in [0, 0.05) is 23.2 Å². The lowest BCUT2D eigenvalue weighted by Crippen LogP contribution is -2.64. The molecule has 0 unspecified atom stereocenters. The molecule has 2 aliphatic carbocycles. The molecule has 0 saturated heterocycles. The Labute approximate surface area is 244 Å². The summed E-state index contributed by atoms with van der Waals surface area (Å²) >= 11 is 0. The molecule has 0 aromatic heterocycles. The van der Waals surface area contributed by atoms with Crippen molar-refractivity contribution >= 4 is 22.6 Å². The lowest BCUT2D eigenvalue weighted by molar-refractivity contribution is 0.0837. The number of allylic oxidation sites excluding steroid dienone is 2. The Morgan fingerprint density at radius 2 is 1.32 bits per heavy atom. The highest BCUT2D eigenvalue weighted by molar-refractivity contribution is 6.10. The molecule has 0 amide bonds. The maximum absolute atomic E-state index is 15.1. The van der Waals surface area contributed by atoms with E-state index in [1.165, 1.54) is 41.6 Å². The van der Waals surface area contributed by atoms with Crippen molar-refractivity contribution in [1.29, 1.82) is 0 Å². The van der Waals surface area contributed by atoms with E-state index in [1.807, 2.05) is 30.3 Å². The molecule has 2 spiro atoms. The first kappa shape index (κ1) is 25.8. The molecule has 4 aromatic rings. The highest BCUT2D eigenvalue weighted by Gasteiger charge is 2.66. The zero-order valence-electron chi connectivity index (χ0n) is 23.8. The molecule has 2 heteroatoms. The molecule has 4 aromatic carbocycles. The van der Waals surface area contributed by atoms with Gasteiger partial charge in [-0.15, -0.1) is 0 Å². The summed E-state index contributed by atoms with van der Waals surface area (Å²) in [4.78, 5) is 17.7. The van der Waals surface area contributed by atoms with Crippen LogP contribution in [-0.4, -0.2) is 17.9 Å². The van der Waals surface area contributed by atoms with E-state index in [9.17, 15) is 0 Å². The van der Waals surface area contributed by atoms with E-state index in [4.69, 9.17) is 0 Å². The predicted octanol–water partition coefficient (Wildman–Crippen LogP) is 9.15. The summed E-state index contributed by atoms with van der Waals surface area (Å²) in [7, 11) is 0. The van der Waals surface area contributed by atoms with E-state index < -0.39 is 5.54 Å². The van der Waals surface area contributed by atoms with Gasteiger partial charge in [0.25, 0.3) is 0 Å². The summed E-state index contributed by atoms with van der Waals surface area (Å²) in [5, 5.41) is 0. The maximum Gasteiger partial charge on any atom is 0.173 e. The van der Waals surface area contributed by atoms with Crippen molar-refractivity contribution in [1.82, 2.24) is 0 Å².